The number of hydrogen-bond acceptors (Lipinski definition) is 6. The monoisotopic (exact) mass is 378 g/mol. The molecule has 0 aliphatic heterocycles. The Morgan fingerprint density at radius 2 is 1.73 bits per heavy atom. The summed E-state index contributed by atoms with van der Waals surface area (Å²) >= 11 is 0. The summed E-state index contributed by atoms with van der Waals surface area (Å²) in [5, 5.41) is 7.75. The molecule has 0 bridgehead atoms. The van der Waals surface area contributed by atoms with Crippen LogP contribution in [0.3, 0.4) is 0 Å². The minimum atomic E-state index is -3.95. The molecule has 26 heavy (non-hydrogen) atoms. The molecule has 8 nitrogen and oxygen atoms in total. The molecule has 2 aromatic rings. The maximum atomic E-state index is 12.4. The van der Waals surface area contributed by atoms with Crippen molar-refractivity contribution in [3.8, 4) is 5.75 Å². The molecule has 138 valence electrons. The lowest BCUT2D eigenvalue weighted by atomic mass is 10.1. The zero-order valence-corrected chi connectivity index (χ0v) is 15.0. The van der Waals surface area contributed by atoms with Gasteiger partial charge in [0.1, 0.15) is 5.75 Å². The molecule has 0 aliphatic carbocycles. The average Bonchev–Trinajstić information content (AvgIpc) is 2.64. The Kier molecular flexibility index (Phi) is 5.96. The number of sulfonamides is 1. The van der Waals surface area contributed by atoms with Gasteiger partial charge in [0.25, 0.3) is 5.91 Å². The van der Waals surface area contributed by atoms with E-state index in [4.69, 9.17) is 9.88 Å². The topological polar surface area (TPSA) is 125 Å². The first-order valence-corrected chi connectivity index (χ1v) is 8.97. The number of ether oxygens (including phenoxy) is 2. The van der Waals surface area contributed by atoms with Gasteiger partial charge < -0.3 is 14.8 Å². The molecule has 3 N–H and O–H groups in total. The largest absolute Gasteiger partial charge is 0.496 e. The Hall–Kier alpha value is -2.91. The van der Waals surface area contributed by atoms with Crippen molar-refractivity contribution in [1.82, 2.24) is 5.32 Å². The van der Waals surface area contributed by atoms with Crippen LogP contribution in [0.4, 0.5) is 0 Å². The number of rotatable bonds is 6. The van der Waals surface area contributed by atoms with E-state index in [-0.39, 0.29) is 22.8 Å². The molecular weight excluding hydrogens is 360 g/mol. The molecule has 0 heterocycles. The van der Waals surface area contributed by atoms with Crippen LogP contribution in [-0.4, -0.2) is 34.5 Å². The van der Waals surface area contributed by atoms with Gasteiger partial charge in [0.05, 0.1) is 30.2 Å². The van der Waals surface area contributed by atoms with Crippen LogP contribution in [0.25, 0.3) is 0 Å². The number of amides is 1. The Labute approximate surface area is 151 Å². The molecular formula is C17H18N2O6S. The zero-order valence-electron chi connectivity index (χ0n) is 14.2. The molecule has 0 unspecified atom stereocenters. The van der Waals surface area contributed by atoms with Gasteiger partial charge in [-0.1, -0.05) is 12.1 Å². The van der Waals surface area contributed by atoms with Crippen molar-refractivity contribution in [1.29, 1.82) is 0 Å². The van der Waals surface area contributed by atoms with Crippen LogP contribution >= 0.6 is 0 Å². The second-order valence-electron chi connectivity index (χ2n) is 5.28. The van der Waals surface area contributed by atoms with E-state index in [1.807, 2.05) is 0 Å². The van der Waals surface area contributed by atoms with E-state index < -0.39 is 21.9 Å². The lowest BCUT2D eigenvalue weighted by Gasteiger charge is -2.11. The highest BCUT2D eigenvalue weighted by Gasteiger charge is 2.17. The van der Waals surface area contributed by atoms with Crippen LogP contribution in [0.5, 0.6) is 5.75 Å². The van der Waals surface area contributed by atoms with Crippen LogP contribution < -0.4 is 15.2 Å². The zero-order chi connectivity index (χ0) is 19.3. The predicted molar refractivity (Wildman–Crippen MR) is 93.3 cm³/mol. The van der Waals surface area contributed by atoms with E-state index in [2.05, 4.69) is 10.1 Å². The third-order valence-electron chi connectivity index (χ3n) is 3.57. The first-order chi connectivity index (χ1) is 12.3. The average molecular weight is 378 g/mol. The number of nitrogens with two attached hydrogens (primary N) is 1. The summed E-state index contributed by atoms with van der Waals surface area (Å²) in [4.78, 5) is 23.6. The summed E-state index contributed by atoms with van der Waals surface area (Å²) in [6, 6.07) is 10.3. The van der Waals surface area contributed by atoms with E-state index in [1.165, 1.54) is 26.4 Å². The molecule has 0 spiro atoms. The maximum Gasteiger partial charge on any atom is 0.337 e. The highest BCUT2D eigenvalue weighted by atomic mass is 32.2. The van der Waals surface area contributed by atoms with Gasteiger partial charge in [-0.15, -0.1) is 0 Å². The third-order valence-corrected chi connectivity index (χ3v) is 4.48. The van der Waals surface area contributed by atoms with Crippen molar-refractivity contribution in [2.45, 2.75) is 11.4 Å². The highest BCUT2D eigenvalue weighted by Crippen LogP contribution is 2.22. The molecule has 0 aromatic heterocycles. The Morgan fingerprint density at radius 3 is 2.27 bits per heavy atom. The summed E-state index contributed by atoms with van der Waals surface area (Å²) < 4.78 is 32.6. The molecule has 0 aliphatic rings. The van der Waals surface area contributed by atoms with Crippen molar-refractivity contribution < 1.29 is 27.5 Å². The molecule has 0 saturated carbocycles. The maximum absolute atomic E-state index is 12.4. The highest BCUT2D eigenvalue weighted by molar-refractivity contribution is 7.89. The van der Waals surface area contributed by atoms with Gasteiger partial charge in [0.15, 0.2) is 0 Å². The van der Waals surface area contributed by atoms with Gasteiger partial charge in [-0.05, 0) is 35.9 Å². The van der Waals surface area contributed by atoms with Crippen LogP contribution in [0.15, 0.2) is 47.4 Å². The van der Waals surface area contributed by atoms with Gasteiger partial charge in [-0.2, -0.15) is 0 Å². The van der Waals surface area contributed by atoms with E-state index in [0.29, 0.717) is 5.56 Å². The number of benzene rings is 2. The van der Waals surface area contributed by atoms with Gasteiger partial charge in [0.2, 0.25) is 10.0 Å². The van der Waals surface area contributed by atoms with Crippen LogP contribution in [0.1, 0.15) is 26.3 Å². The molecule has 0 saturated heterocycles. The Balaban J connectivity index is 2.16. The predicted octanol–water partition coefficient (Wildman–Crippen LogP) is 1.06. The summed E-state index contributed by atoms with van der Waals surface area (Å²) in [7, 11) is -1.29. The van der Waals surface area contributed by atoms with Crippen molar-refractivity contribution >= 4 is 21.9 Å². The number of hydrogen-bond donors (Lipinski definition) is 2. The van der Waals surface area contributed by atoms with Crippen molar-refractivity contribution in [2.24, 2.45) is 5.14 Å². The second kappa shape index (κ2) is 7.98. The van der Waals surface area contributed by atoms with E-state index in [9.17, 15) is 18.0 Å². The van der Waals surface area contributed by atoms with Crippen LogP contribution in [0.2, 0.25) is 0 Å². The Morgan fingerprint density at radius 1 is 1.08 bits per heavy atom. The first-order valence-electron chi connectivity index (χ1n) is 7.42. The number of primary sulfonamides is 1. The lowest BCUT2D eigenvalue weighted by Crippen LogP contribution is -2.24. The normalized spacial score (nSPS) is 10.9. The summed E-state index contributed by atoms with van der Waals surface area (Å²) in [6.07, 6.45) is 0. The van der Waals surface area contributed by atoms with Gasteiger partial charge in [-0.3, -0.25) is 4.79 Å². The van der Waals surface area contributed by atoms with E-state index >= 15 is 0 Å². The fraction of sp³-hybridized carbons (Fsp3) is 0.176. The summed E-state index contributed by atoms with van der Waals surface area (Å²) in [6.45, 7) is 0.170. The third kappa shape index (κ3) is 4.58. The number of methoxy groups -OCH3 is 2. The number of esters is 1. The second-order valence-corrected chi connectivity index (χ2v) is 6.84. The van der Waals surface area contributed by atoms with Crippen LogP contribution in [-0.2, 0) is 21.3 Å². The molecule has 1 amide bonds. The molecule has 2 aromatic carbocycles. The quantitative estimate of drug-likeness (QED) is 0.724. The fourth-order valence-corrected chi connectivity index (χ4v) is 2.74. The molecule has 0 fully saturated rings. The van der Waals surface area contributed by atoms with Crippen molar-refractivity contribution in [3.05, 3.63) is 59.2 Å². The lowest BCUT2D eigenvalue weighted by molar-refractivity contribution is 0.0600. The van der Waals surface area contributed by atoms with Crippen molar-refractivity contribution in [3.63, 3.8) is 0 Å². The van der Waals surface area contributed by atoms with Crippen molar-refractivity contribution in [2.75, 3.05) is 14.2 Å². The molecule has 9 heteroatoms. The molecule has 0 radical (unpaired) electrons. The fourth-order valence-electron chi connectivity index (χ4n) is 2.20. The summed E-state index contributed by atoms with van der Waals surface area (Å²) in [5.41, 5.74) is 1.18. The SMILES string of the molecule is COC(=O)c1ccc(CNC(=O)c2cc(S(N)(=O)=O)ccc2OC)cc1. The molecule has 0 atom stereocenters. The Bertz CT molecular complexity index is 923. The van der Waals surface area contributed by atoms with Gasteiger partial charge in [0, 0.05) is 6.54 Å². The first kappa shape index (κ1) is 19.4. The molecule has 2 rings (SSSR count). The minimum absolute atomic E-state index is 0.0465. The summed E-state index contributed by atoms with van der Waals surface area (Å²) in [5.74, 6) is -0.759. The number of nitrogens with one attached hydrogen (secondary N) is 1. The number of carbonyl (C=O) groups excluding carboxylic acids is 2. The van der Waals surface area contributed by atoms with Gasteiger partial charge >= 0.3 is 5.97 Å². The standard InChI is InChI=1S/C17H18N2O6S/c1-24-15-8-7-13(26(18,22)23)9-14(15)16(20)19-10-11-3-5-12(6-4-11)17(21)25-2/h3-9H,10H2,1-2H3,(H,19,20)(H2,18,22,23). The smallest absolute Gasteiger partial charge is 0.337 e. The van der Waals surface area contributed by atoms with E-state index in [1.54, 1.807) is 24.3 Å². The van der Waals surface area contributed by atoms with Gasteiger partial charge in [-0.25, -0.2) is 18.4 Å². The van der Waals surface area contributed by atoms with E-state index in [0.717, 1.165) is 11.6 Å². The number of carbonyl (C=O) groups is 2. The van der Waals surface area contributed by atoms with Crippen LogP contribution in [0, 0.1) is 0 Å². The minimum Gasteiger partial charge on any atom is -0.496 e.